The first-order valence-electron chi connectivity index (χ1n) is 6.11. The highest BCUT2D eigenvalue weighted by molar-refractivity contribution is 7.90. The van der Waals surface area contributed by atoms with Crippen molar-refractivity contribution in [2.75, 3.05) is 18.6 Å². The Kier molecular flexibility index (Phi) is 3.45. The highest BCUT2D eigenvalue weighted by atomic mass is 32.2. The molecule has 1 aliphatic carbocycles. The van der Waals surface area contributed by atoms with Crippen LogP contribution in [0, 0.1) is 0 Å². The third kappa shape index (κ3) is 3.42. The highest BCUT2D eigenvalue weighted by Gasteiger charge is 2.37. The Labute approximate surface area is 102 Å². The fourth-order valence-corrected chi connectivity index (χ4v) is 3.41. The van der Waals surface area contributed by atoms with Crippen LogP contribution in [-0.4, -0.2) is 55.9 Å². The van der Waals surface area contributed by atoms with Crippen LogP contribution in [0.1, 0.15) is 26.2 Å². The van der Waals surface area contributed by atoms with Crippen molar-refractivity contribution in [3.8, 4) is 0 Å². The molecule has 1 amide bonds. The summed E-state index contributed by atoms with van der Waals surface area (Å²) < 4.78 is 22.4. The molecule has 0 aromatic rings. The molecule has 2 aliphatic rings. The van der Waals surface area contributed by atoms with Crippen LogP contribution in [-0.2, 0) is 14.6 Å². The number of sulfone groups is 1. The zero-order chi connectivity index (χ0) is 12.6. The first-order chi connectivity index (χ1) is 7.87. The molecule has 1 heterocycles. The molecule has 1 saturated heterocycles. The second-order valence-electron chi connectivity index (χ2n) is 5.26. The van der Waals surface area contributed by atoms with Crippen LogP contribution < -0.4 is 5.32 Å². The highest BCUT2D eigenvalue weighted by Crippen LogP contribution is 2.23. The van der Waals surface area contributed by atoms with Crippen molar-refractivity contribution in [1.82, 2.24) is 10.2 Å². The van der Waals surface area contributed by atoms with Gasteiger partial charge >= 0.3 is 0 Å². The smallest absolute Gasteiger partial charge is 0.240 e. The maximum atomic E-state index is 12.1. The Morgan fingerprint density at radius 2 is 2.06 bits per heavy atom. The summed E-state index contributed by atoms with van der Waals surface area (Å²) in [5.41, 5.74) is 0. The maximum Gasteiger partial charge on any atom is 0.240 e. The van der Waals surface area contributed by atoms with E-state index in [9.17, 15) is 13.2 Å². The zero-order valence-electron chi connectivity index (χ0n) is 10.3. The SMILES string of the molecule is CC(CS(C)(=O)=O)N1CCC(NC2CC2)C1=O. The van der Waals surface area contributed by atoms with Crippen LogP contribution in [0.25, 0.3) is 0 Å². The molecule has 2 fully saturated rings. The summed E-state index contributed by atoms with van der Waals surface area (Å²) in [7, 11) is -3.03. The number of hydrogen-bond acceptors (Lipinski definition) is 4. The summed E-state index contributed by atoms with van der Waals surface area (Å²) >= 11 is 0. The number of hydrogen-bond donors (Lipinski definition) is 1. The lowest BCUT2D eigenvalue weighted by atomic mass is 10.2. The van der Waals surface area contributed by atoms with Crippen molar-refractivity contribution in [1.29, 1.82) is 0 Å². The van der Waals surface area contributed by atoms with Gasteiger partial charge in [0.1, 0.15) is 9.84 Å². The van der Waals surface area contributed by atoms with E-state index in [1.165, 1.54) is 6.26 Å². The van der Waals surface area contributed by atoms with Crippen LogP contribution in [0.4, 0.5) is 0 Å². The summed E-state index contributed by atoms with van der Waals surface area (Å²) in [5.74, 6) is 0.113. The molecular formula is C11H20N2O3S. The van der Waals surface area contributed by atoms with E-state index in [1.807, 2.05) is 0 Å². The molecule has 0 spiro atoms. The van der Waals surface area contributed by atoms with Crippen LogP contribution in [0.2, 0.25) is 0 Å². The predicted molar refractivity (Wildman–Crippen MR) is 65.4 cm³/mol. The lowest BCUT2D eigenvalue weighted by Crippen LogP contribution is -2.44. The van der Waals surface area contributed by atoms with Gasteiger partial charge in [0.15, 0.2) is 0 Å². The van der Waals surface area contributed by atoms with Crippen LogP contribution in [0.3, 0.4) is 0 Å². The second-order valence-corrected chi connectivity index (χ2v) is 7.44. The van der Waals surface area contributed by atoms with E-state index >= 15 is 0 Å². The Morgan fingerprint density at radius 1 is 1.41 bits per heavy atom. The van der Waals surface area contributed by atoms with E-state index in [1.54, 1.807) is 11.8 Å². The number of nitrogens with one attached hydrogen (secondary N) is 1. The van der Waals surface area contributed by atoms with E-state index in [-0.39, 0.29) is 23.7 Å². The summed E-state index contributed by atoms with van der Waals surface area (Å²) in [6, 6.07) is 0.196. The molecule has 17 heavy (non-hydrogen) atoms. The van der Waals surface area contributed by atoms with Crippen LogP contribution in [0.5, 0.6) is 0 Å². The molecule has 1 aliphatic heterocycles. The number of carbonyl (C=O) groups excluding carboxylic acids is 1. The molecule has 0 bridgehead atoms. The lowest BCUT2D eigenvalue weighted by molar-refractivity contribution is -0.130. The topological polar surface area (TPSA) is 66.5 Å². The second kappa shape index (κ2) is 4.57. The van der Waals surface area contributed by atoms with Gasteiger partial charge in [-0.1, -0.05) is 0 Å². The molecule has 1 N–H and O–H groups in total. The summed E-state index contributed by atoms with van der Waals surface area (Å²) in [4.78, 5) is 13.8. The fourth-order valence-electron chi connectivity index (χ4n) is 2.36. The molecule has 6 heteroatoms. The minimum absolute atomic E-state index is 0.0505. The van der Waals surface area contributed by atoms with Crippen molar-refractivity contribution in [3.63, 3.8) is 0 Å². The average molecular weight is 260 g/mol. The van der Waals surface area contributed by atoms with Gasteiger partial charge in [-0.05, 0) is 26.2 Å². The van der Waals surface area contributed by atoms with Gasteiger partial charge in [-0.3, -0.25) is 4.79 Å². The molecule has 0 radical (unpaired) electrons. The van der Waals surface area contributed by atoms with E-state index < -0.39 is 9.84 Å². The van der Waals surface area contributed by atoms with E-state index in [4.69, 9.17) is 0 Å². The van der Waals surface area contributed by atoms with Gasteiger partial charge in [-0.2, -0.15) is 0 Å². The quantitative estimate of drug-likeness (QED) is 0.741. The summed E-state index contributed by atoms with van der Waals surface area (Å²) in [5, 5.41) is 3.31. The average Bonchev–Trinajstić information content (AvgIpc) is 2.90. The number of amides is 1. The number of nitrogens with zero attached hydrogens (tertiary/aromatic N) is 1. The van der Waals surface area contributed by atoms with Gasteiger partial charge in [0, 0.05) is 24.9 Å². The Hall–Kier alpha value is -0.620. The zero-order valence-corrected chi connectivity index (χ0v) is 11.2. The predicted octanol–water partition coefficient (Wildman–Crippen LogP) is -0.228. The third-order valence-electron chi connectivity index (χ3n) is 3.33. The van der Waals surface area contributed by atoms with Crippen LogP contribution >= 0.6 is 0 Å². The summed E-state index contributed by atoms with van der Waals surface area (Å²) in [6.07, 6.45) is 4.32. The fraction of sp³-hybridized carbons (Fsp3) is 0.909. The van der Waals surface area contributed by atoms with Gasteiger partial charge in [0.25, 0.3) is 0 Å². The Bertz CT molecular complexity index is 403. The molecule has 1 saturated carbocycles. The minimum atomic E-state index is -3.03. The van der Waals surface area contributed by atoms with Gasteiger partial charge in [-0.25, -0.2) is 8.42 Å². The molecular weight excluding hydrogens is 240 g/mol. The molecule has 5 nitrogen and oxygen atoms in total. The van der Waals surface area contributed by atoms with Gasteiger partial charge < -0.3 is 10.2 Å². The maximum absolute atomic E-state index is 12.1. The van der Waals surface area contributed by atoms with Crippen LogP contribution in [0.15, 0.2) is 0 Å². The van der Waals surface area contributed by atoms with Gasteiger partial charge in [0.05, 0.1) is 11.8 Å². The largest absolute Gasteiger partial charge is 0.338 e. The Balaban J connectivity index is 1.91. The third-order valence-corrected chi connectivity index (χ3v) is 4.42. The lowest BCUT2D eigenvalue weighted by Gasteiger charge is -2.24. The molecule has 0 aromatic carbocycles. The van der Waals surface area contributed by atoms with Crippen molar-refractivity contribution in [2.45, 2.75) is 44.3 Å². The van der Waals surface area contributed by atoms with Crippen molar-refractivity contribution in [3.05, 3.63) is 0 Å². The van der Waals surface area contributed by atoms with Crippen molar-refractivity contribution in [2.24, 2.45) is 0 Å². The number of likely N-dealkylation sites (tertiary alicyclic amines) is 1. The molecule has 98 valence electrons. The molecule has 2 rings (SSSR count). The Morgan fingerprint density at radius 3 is 2.59 bits per heavy atom. The van der Waals surface area contributed by atoms with E-state index in [2.05, 4.69) is 5.32 Å². The van der Waals surface area contributed by atoms with E-state index in [0.29, 0.717) is 12.6 Å². The number of carbonyl (C=O) groups is 1. The first kappa shape index (κ1) is 12.8. The standard InChI is InChI=1S/C11H20N2O3S/c1-8(7-17(2,15)16)13-6-5-10(11(13)14)12-9-3-4-9/h8-10,12H,3-7H2,1-2H3. The number of rotatable bonds is 5. The first-order valence-corrected chi connectivity index (χ1v) is 8.17. The van der Waals surface area contributed by atoms with Crippen molar-refractivity contribution >= 4 is 15.7 Å². The minimum Gasteiger partial charge on any atom is -0.338 e. The monoisotopic (exact) mass is 260 g/mol. The molecule has 2 unspecified atom stereocenters. The van der Waals surface area contributed by atoms with E-state index in [0.717, 1.165) is 19.3 Å². The van der Waals surface area contributed by atoms with Gasteiger partial charge in [0.2, 0.25) is 5.91 Å². The summed E-state index contributed by atoms with van der Waals surface area (Å²) in [6.45, 7) is 2.47. The van der Waals surface area contributed by atoms with Crippen molar-refractivity contribution < 1.29 is 13.2 Å². The molecule has 2 atom stereocenters. The van der Waals surface area contributed by atoms with Gasteiger partial charge in [-0.15, -0.1) is 0 Å². The molecule has 0 aromatic heterocycles. The normalized spacial score (nSPS) is 27.5.